The molecule has 1 saturated heterocycles. The molecule has 1 aromatic heterocycles. The van der Waals surface area contributed by atoms with E-state index in [9.17, 15) is 4.79 Å². The molecule has 1 aliphatic heterocycles. The summed E-state index contributed by atoms with van der Waals surface area (Å²) in [7, 11) is 1.70. The van der Waals surface area contributed by atoms with Gasteiger partial charge in [-0.25, -0.2) is 9.97 Å². The summed E-state index contributed by atoms with van der Waals surface area (Å²) in [5, 5.41) is 6.00. The summed E-state index contributed by atoms with van der Waals surface area (Å²) in [6.07, 6.45) is 4.41. The summed E-state index contributed by atoms with van der Waals surface area (Å²) in [5.74, 6) is 2.09. The van der Waals surface area contributed by atoms with Crippen LogP contribution in [0, 0.1) is 5.92 Å². The Morgan fingerprint density at radius 1 is 1.40 bits per heavy atom. The first-order valence-corrected chi connectivity index (χ1v) is 7.27. The molecule has 2 rings (SSSR count). The van der Waals surface area contributed by atoms with E-state index in [1.54, 1.807) is 13.4 Å². The van der Waals surface area contributed by atoms with Crippen molar-refractivity contribution in [3.63, 3.8) is 0 Å². The SMILES string of the molecule is CCCNc1cc(N2CCC(C(=O)NC)CC2)ncn1. The highest BCUT2D eigenvalue weighted by molar-refractivity contribution is 5.78. The monoisotopic (exact) mass is 277 g/mol. The highest BCUT2D eigenvalue weighted by Crippen LogP contribution is 2.22. The quantitative estimate of drug-likeness (QED) is 0.848. The maximum Gasteiger partial charge on any atom is 0.222 e. The maximum absolute atomic E-state index is 11.6. The third-order valence-electron chi connectivity index (χ3n) is 3.64. The molecule has 0 aromatic carbocycles. The molecule has 1 amide bonds. The lowest BCUT2D eigenvalue weighted by Gasteiger charge is -2.31. The van der Waals surface area contributed by atoms with E-state index < -0.39 is 0 Å². The van der Waals surface area contributed by atoms with Crippen LogP contribution >= 0.6 is 0 Å². The molecular weight excluding hydrogens is 254 g/mol. The molecule has 6 heteroatoms. The predicted octanol–water partition coefficient (Wildman–Crippen LogP) is 1.26. The van der Waals surface area contributed by atoms with Crippen LogP contribution in [0.4, 0.5) is 11.6 Å². The summed E-state index contributed by atoms with van der Waals surface area (Å²) in [6, 6.07) is 1.98. The maximum atomic E-state index is 11.6. The van der Waals surface area contributed by atoms with Gasteiger partial charge >= 0.3 is 0 Å². The molecule has 2 heterocycles. The van der Waals surface area contributed by atoms with E-state index in [4.69, 9.17) is 0 Å². The van der Waals surface area contributed by atoms with Gasteiger partial charge in [-0.3, -0.25) is 4.79 Å². The van der Waals surface area contributed by atoms with Crippen LogP contribution in [0.15, 0.2) is 12.4 Å². The Kier molecular flexibility index (Phi) is 5.15. The van der Waals surface area contributed by atoms with Gasteiger partial charge in [0.15, 0.2) is 0 Å². The third kappa shape index (κ3) is 3.59. The average Bonchev–Trinajstić information content (AvgIpc) is 2.52. The molecule has 20 heavy (non-hydrogen) atoms. The van der Waals surface area contributed by atoms with Gasteiger partial charge in [-0.2, -0.15) is 0 Å². The predicted molar refractivity (Wildman–Crippen MR) is 79.8 cm³/mol. The molecule has 0 atom stereocenters. The van der Waals surface area contributed by atoms with Gasteiger partial charge in [-0.05, 0) is 19.3 Å². The Bertz CT molecular complexity index is 443. The van der Waals surface area contributed by atoms with Crippen molar-refractivity contribution in [1.29, 1.82) is 0 Å². The summed E-state index contributed by atoms with van der Waals surface area (Å²) < 4.78 is 0. The number of amides is 1. The summed E-state index contributed by atoms with van der Waals surface area (Å²) in [6.45, 7) is 4.76. The summed E-state index contributed by atoms with van der Waals surface area (Å²) in [4.78, 5) is 22.4. The van der Waals surface area contributed by atoms with E-state index in [2.05, 4.69) is 32.4 Å². The van der Waals surface area contributed by atoms with Gasteiger partial charge in [-0.15, -0.1) is 0 Å². The van der Waals surface area contributed by atoms with Crippen molar-refractivity contribution in [3.8, 4) is 0 Å². The zero-order valence-corrected chi connectivity index (χ0v) is 12.2. The first-order chi connectivity index (χ1) is 9.74. The lowest BCUT2D eigenvalue weighted by atomic mass is 9.96. The number of piperidine rings is 1. The number of hydrogen-bond donors (Lipinski definition) is 2. The topological polar surface area (TPSA) is 70.2 Å². The van der Waals surface area contributed by atoms with Gasteiger partial charge < -0.3 is 15.5 Å². The molecule has 0 bridgehead atoms. The fraction of sp³-hybridized carbons (Fsp3) is 0.643. The number of rotatable bonds is 5. The van der Waals surface area contributed by atoms with Crippen molar-refractivity contribution in [2.45, 2.75) is 26.2 Å². The van der Waals surface area contributed by atoms with E-state index in [1.165, 1.54) is 0 Å². The Morgan fingerprint density at radius 3 is 2.80 bits per heavy atom. The Hall–Kier alpha value is -1.85. The largest absolute Gasteiger partial charge is 0.370 e. The first kappa shape index (κ1) is 14.6. The summed E-state index contributed by atoms with van der Waals surface area (Å²) in [5.41, 5.74) is 0. The van der Waals surface area contributed by atoms with E-state index in [0.717, 1.165) is 50.5 Å². The van der Waals surface area contributed by atoms with Gasteiger partial charge in [-0.1, -0.05) is 6.92 Å². The van der Waals surface area contributed by atoms with Gasteiger partial charge in [0, 0.05) is 38.7 Å². The smallest absolute Gasteiger partial charge is 0.222 e. The van der Waals surface area contributed by atoms with E-state index >= 15 is 0 Å². The Labute approximate surface area is 120 Å². The molecule has 6 nitrogen and oxygen atoms in total. The number of anilines is 2. The fourth-order valence-electron chi connectivity index (χ4n) is 2.44. The van der Waals surface area contributed by atoms with Crippen LogP contribution in [0.5, 0.6) is 0 Å². The number of carbonyl (C=O) groups is 1. The van der Waals surface area contributed by atoms with Gasteiger partial charge in [0.1, 0.15) is 18.0 Å². The third-order valence-corrected chi connectivity index (χ3v) is 3.64. The average molecular weight is 277 g/mol. The Balaban J connectivity index is 1.94. The van der Waals surface area contributed by atoms with Crippen LogP contribution in [0.25, 0.3) is 0 Å². The lowest BCUT2D eigenvalue weighted by Crippen LogP contribution is -2.39. The van der Waals surface area contributed by atoms with Crippen molar-refractivity contribution in [2.75, 3.05) is 36.9 Å². The van der Waals surface area contributed by atoms with Crippen LogP contribution in [0.2, 0.25) is 0 Å². The normalized spacial score (nSPS) is 16.0. The number of nitrogens with zero attached hydrogens (tertiary/aromatic N) is 3. The molecule has 1 aromatic rings. The zero-order valence-electron chi connectivity index (χ0n) is 12.2. The minimum atomic E-state index is 0.135. The van der Waals surface area contributed by atoms with Crippen molar-refractivity contribution < 1.29 is 4.79 Å². The number of hydrogen-bond acceptors (Lipinski definition) is 5. The highest BCUT2D eigenvalue weighted by atomic mass is 16.1. The zero-order chi connectivity index (χ0) is 14.4. The van der Waals surface area contributed by atoms with Gasteiger partial charge in [0.2, 0.25) is 5.91 Å². The highest BCUT2D eigenvalue weighted by Gasteiger charge is 2.24. The molecule has 0 aliphatic carbocycles. The van der Waals surface area contributed by atoms with Crippen molar-refractivity contribution >= 4 is 17.5 Å². The Morgan fingerprint density at radius 2 is 2.15 bits per heavy atom. The van der Waals surface area contributed by atoms with Crippen molar-refractivity contribution in [1.82, 2.24) is 15.3 Å². The summed E-state index contributed by atoms with van der Waals surface area (Å²) >= 11 is 0. The minimum absolute atomic E-state index is 0.135. The second-order valence-electron chi connectivity index (χ2n) is 5.06. The van der Waals surface area contributed by atoms with Crippen LogP contribution in [-0.4, -0.2) is 42.6 Å². The molecule has 0 unspecified atom stereocenters. The molecule has 2 N–H and O–H groups in total. The lowest BCUT2D eigenvalue weighted by molar-refractivity contribution is -0.125. The molecule has 110 valence electrons. The second-order valence-corrected chi connectivity index (χ2v) is 5.06. The second kappa shape index (κ2) is 7.07. The van der Waals surface area contributed by atoms with Gasteiger partial charge in [0.25, 0.3) is 0 Å². The molecule has 0 radical (unpaired) electrons. The van der Waals surface area contributed by atoms with Crippen molar-refractivity contribution in [2.24, 2.45) is 5.92 Å². The van der Waals surface area contributed by atoms with E-state index in [-0.39, 0.29) is 11.8 Å². The van der Waals surface area contributed by atoms with Crippen LogP contribution < -0.4 is 15.5 Å². The van der Waals surface area contributed by atoms with Gasteiger partial charge in [0.05, 0.1) is 0 Å². The molecule has 1 aliphatic rings. The molecule has 0 spiro atoms. The number of aromatic nitrogens is 2. The number of nitrogens with one attached hydrogen (secondary N) is 2. The first-order valence-electron chi connectivity index (χ1n) is 7.27. The number of carbonyl (C=O) groups excluding carboxylic acids is 1. The van der Waals surface area contributed by atoms with E-state index in [1.807, 2.05) is 6.07 Å². The van der Waals surface area contributed by atoms with Crippen LogP contribution in [0.3, 0.4) is 0 Å². The fourth-order valence-corrected chi connectivity index (χ4v) is 2.44. The molecule has 1 fully saturated rings. The van der Waals surface area contributed by atoms with E-state index in [0.29, 0.717) is 0 Å². The molecular formula is C14H23N5O. The van der Waals surface area contributed by atoms with Crippen molar-refractivity contribution in [3.05, 3.63) is 12.4 Å². The minimum Gasteiger partial charge on any atom is -0.370 e. The van der Waals surface area contributed by atoms with Crippen LogP contribution in [0.1, 0.15) is 26.2 Å². The van der Waals surface area contributed by atoms with Crippen LogP contribution in [-0.2, 0) is 4.79 Å². The molecule has 0 saturated carbocycles. The standard InChI is InChI=1S/C14H23N5O/c1-3-6-16-12-9-13(18-10-17-12)19-7-4-11(5-8-19)14(20)15-2/h9-11H,3-8H2,1-2H3,(H,15,20)(H,16,17,18).